The van der Waals surface area contributed by atoms with E-state index in [1.807, 2.05) is 6.92 Å². The normalized spacial score (nSPS) is 17.4. The molecule has 0 spiro atoms. The Morgan fingerprint density at radius 1 is 1.48 bits per heavy atom. The van der Waals surface area contributed by atoms with E-state index >= 15 is 0 Å². The number of nitrogens with zero attached hydrogens (tertiary/aromatic N) is 4. The zero-order valence-corrected chi connectivity index (χ0v) is 14.8. The molecule has 2 aromatic rings. The van der Waals surface area contributed by atoms with Gasteiger partial charge < -0.3 is 9.47 Å². The van der Waals surface area contributed by atoms with Crippen molar-refractivity contribution in [1.82, 2.24) is 19.4 Å². The minimum absolute atomic E-state index is 0.0930. The third-order valence-corrected chi connectivity index (χ3v) is 5.46. The van der Waals surface area contributed by atoms with Gasteiger partial charge >= 0.3 is 6.18 Å². The largest absolute Gasteiger partial charge is 0.434 e. The van der Waals surface area contributed by atoms with Crippen molar-refractivity contribution in [3.63, 3.8) is 0 Å². The van der Waals surface area contributed by atoms with Crippen molar-refractivity contribution in [1.29, 1.82) is 0 Å². The molecule has 0 saturated heterocycles. The molecule has 5 nitrogen and oxygen atoms in total. The SMILES string of the molecule is CCc1ncc(C(=O)N(C)CC2CCc3nc(C(F)(F)F)cn3C2)s1. The van der Waals surface area contributed by atoms with Gasteiger partial charge in [-0.25, -0.2) is 9.97 Å². The first kappa shape index (κ1) is 17.9. The molecule has 0 N–H and O–H groups in total. The average molecular weight is 372 g/mol. The molecule has 0 fully saturated rings. The fourth-order valence-electron chi connectivity index (χ4n) is 3.03. The third kappa shape index (κ3) is 3.86. The van der Waals surface area contributed by atoms with E-state index in [0.717, 1.165) is 24.0 Å². The number of hydrogen-bond acceptors (Lipinski definition) is 4. The Bertz CT molecular complexity index is 768. The second kappa shape index (κ2) is 6.78. The smallest absolute Gasteiger partial charge is 0.341 e. The van der Waals surface area contributed by atoms with E-state index in [9.17, 15) is 18.0 Å². The van der Waals surface area contributed by atoms with Crippen molar-refractivity contribution >= 4 is 17.2 Å². The first-order valence-corrected chi connectivity index (χ1v) is 8.93. The minimum atomic E-state index is -4.42. The highest BCUT2D eigenvalue weighted by Crippen LogP contribution is 2.31. The predicted molar refractivity (Wildman–Crippen MR) is 87.5 cm³/mol. The Labute approximate surface area is 147 Å². The molecule has 136 valence electrons. The van der Waals surface area contributed by atoms with Crippen LogP contribution in [0.15, 0.2) is 12.4 Å². The Hall–Kier alpha value is -1.90. The number of carbonyl (C=O) groups is 1. The maximum Gasteiger partial charge on any atom is 0.434 e. The van der Waals surface area contributed by atoms with E-state index in [4.69, 9.17) is 0 Å². The van der Waals surface area contributed by atoms with Gasteiger partial charge in [0.15, 0.2) is 5.69 Å². The number of imidazole rings is 1. The van der Waals surface area contributed by atoms with Gasteiger partial charge in [0, 0.05) is 32.8 Å². The molecule has 3 rings (SSSR count). The molecule has 0 aliphatic carbocycles. The first-order chi connectivity index (χ1) is 11.8. The predicted octanol–water partition coefficient (Wildman–Crippen LogP) is 3.26. The minimum Gasteiger partial charge on any atom is -0.341 e. The molecule has 1 aliphatic heterocycles. The van der Waals surface area contributed by atoms with E-state index in [2.05, 4.69) is 9.97 Å². The van der Waals surface area contributed by atoms with E-state index in [1.54, 1.807) is 22.7 Å². The van der Waals surface area contributed by atoms with Crippen molar-refractivity contribution < 1.29 is 18.0 Å². The summed E-state index contributed by atoms with van der Waals surface area (Å²) in [4.78, 5) is 22.6. The molecule has 0 radical (unpaired) electrons. The molecule has 25 heavy (non-hydrogen) atoms. The lowest BCUT2D eigenvalue weighted by Crippen LogP contribution is -2.35. The summed E-state index contributed by atoms with van der Waals surface area (Å²) in [6.07, 6.45) is 0.232. The monoisotopic (exact) mass is 372 g/mol. The fraction of sp³-hybridized carbons (Fsp3) is 0.562. The van der Waals surface area contributed by atoms with Gasteiger partial charge in [-0.3, -0.25) is 4.79 Å². The number of amides is 1. The summed E-state index contributed by atoms with van der Waals surface area (Å²) in [7, 11) is 1.72. The molecule has 0 saturated carbocycles. The highest BCUT2D eigenvalue weighted by atomic mass is 32.1. The Morgan fingerprint density at radius 2 is 2.24 bits per heavy atom. The van der Waals surface area contributed by atoms with Crippen LogP contribution in [-0.4, -0.2) is 38.9 Å². The summed E-state index contributed by atoms with van der Waals surface area (Å²) in [6.45, 7) is 2.92. The lowest BCUT2D eigenvalue weighted by molar-refractivity contribution is -0.141. The molecule has 2 aromatic heterocycles. The lowest BCUT2D eigenvalue weighted by atomic mass is 9.99. The molecular formula is C16H19F3N4OS. The molecule has 1 atom stereocenters. The topological polar surface area (TPSA) is 51.0 Å². The summed E-state index contributed by atoms with van der Waals surface area (Å²) in [5, 5.41) is 0.914. The third-order valence-electron chi connectivity index (χ3n) is 4.33. The molecule has 9 heteroatoms. The van der Waals surface area contributed by atoms with Gasteiger partial charge in [0.2, 0.25) is 0 Å². The van der Waals surface area contributed by atoms with Gasteiger partial charge in [-0.1, -0.05) is 6.92 Å². The summed E-state index contributed by atoms with van der Waals surface area (Å²) >= 11 is 1.38. The molecule has 3 heterocycles. The molecule has 0 bridgehead atoms. The zero-order valence-electron chi connectivity index (χ0n) is 14.0. The van der Waals surface area contributed by atoms with Crippen LogP contribution in [-0.2, 0) is 25.6 Å². The summed E-state index contributed by atoms with van der Waals surface area (Å²) < 4.78 is 39.9. The van der Waals surface area contributed by atoms with Crippen LogP contribution in [0.4, 0.5) is 13.2 Å². The summed E-state index contributed by atoms with van der Waals surface area (Å²) in [5.74, 6) is 0.479. The average Bonchev–Trinajstić information content (AvgIpc) is 3.19. The molecule has 1 aliphatic rings. The molecule has 1 unspecified atom stereocenters. The number of aromatic nitrogens is 3. The van der Waals surface area contributed by atoms with Crippen molar-refractivity contribution in [2.45, 2.75) is 38.9 Å². The Kier molecular flexibility index (Phi) is 4.86. The highest BCUT2D eigenvalue weighted by molar-refractivity contribution is 7.13. The van der Waals surface area contributed by atoms with Gasteiger partial charge in [-0.2, -0.15) is 13.2 Å². The van der Waals surface area contributed by atoms with E-state index in [-0.39, 0.29) is 11.8 Å². The number of hydrogen-bond donors (Lipinski definition) is 0. The lowest BCUT2D eigenvalue weighted by Gasteiger charge is -2.27. The number of carbonyl (C=O) groups excluding carboxylic acids is 1. The van der Waals surface area contributed by atoms with E-state index < -0.39 is 11.9 Å². The van der Waals surface area contributed by atoms with Gasteiger partial charge in [0.1, 0.15) is 10.7 Å². The zero-order chi connectivity index (χ0) is 18.2. The van der Waals surface area contributed by atoms with Gasteiger partial charge in [-0.15, -0.1) is 11.3 Å². The quantitative estimate of drug-likeness (QED) is 0.828. The first-order valence-electron chi connectivity index (χ1n) is 8.11. The van der Waals surface area contributed by atoms with Crippen LogP contribution in [0.25, 0.3) is 0 Å². The summed E-state index contributed by atoms with van der Waals surface area (Å²) in [5.41, 5.74) is -0.843. The van der Waals surface area contributed by atoms with Gasteiger partial charge in [0.05, 0.1) is 11.2 Å². The van der Waals surface area contributed by atoms with Crippen LogP contribution in [0.2, 0.25) is 0 Å². The van der Waals surface area contributed by atoms with Crippen molar-refractivity contribution in [2.75, 3.05) is 13.6 Å². The number of alkyl halides is 3. The van der Waals surface area contributed by atoms with Gasteiger partial charge in [0.25, 0.3) is 5.91 Å². The van der Waals surface area contributed by atoms with Crippen molar-refractivity contribution in [3.05, 3.63) is 33.8 Å². The molecule has 0 aromatic carbocycles. The number of fused-ring (bicyclic) bond motifs is 1. The number of halogens is 3. The van der Waals surface area contributed by atoms with E-state index in [0.29, 0.717) is 30.2 Å². The second-order valence-electron chi connectivity index (χ2n) is 6.25. The van der Waals surface area contributed by atoms with Crippen LogP contribution >= 0.6 is 11.3 Å². The standard InChI is InChI=1S/C16H19F3N4OS/c1-3-14-20-6-11(25-14)15(24)22(2)7-10-4-5-13-21-12(16(17,18)19)9-23(13)8-10/h6,9-10H,3-5,7-8H2,1-2H3. The fourth-order valence-corrected chi connectivity index (χ4v) is 3.88. The van der Waals surface area contributed by atoms with Crippen LogP contribution in [0.3, 0.4) is 0 Å². The number of thiazole rings is 1. The maximum atomic E-state index is 12.8. The van der Waals surface area contributed by atoms with Crippen LogP contribution in [0.5, 0.6) is 0 Å². The number of rotatable bonds is 4. The van der Waals surface area contributed by atoms with Crippen LogP contribution in [0, 0.1) is 5.92 Å². The van der Waals surface area contributed by atoms with E-state index in [1.165, 1.54) is 11.3 Å². The van der Waals surface area contributed by atoms with Crippen LogP contribution < -0.4 is 0 Å². The Balaban J connectivity index is 1.64. The maximum absolute atomic E-state index is 12.8. The molecular weight excluding hydrogens is 353 g/mol. The molecule has 1 amide bonds. The van der Waals surface area contributed by atoms with Crippen molar-refractivity contribution in [3.8, 4) is 0 Å². The summed E-state index contributed by atoms with van der Waals surface area (Å²) in [6, 6.07) is 0. The van der Waals surface area contributed by atoms with Crippen LogP contribution in [0.1, 0.15) is 39.5 Å². The highest BCUT2D eigenvalue weighted by Gasteiger charge is 2.36. The van der Waals surface area contributed by atoms with Gasteiger partial charge in [-0.05, 0) is 18.8 Å². The number of aryl methyl sites for hydroxylation is 2. The Morgan fingerprint density at radius 3 is 2.88 bits per heavy atom. The van der Waals surface area contributed by atoms with Crippen molar-refractivity contribution in [2.24, 2.45) is 5.92 Å². The second-order valence-corrected chi connectivity index (χ2v) is 7.37.